The Balaban J connectivity index is 1.76. The first-order chi connectivity index (χ1) is 12.2. The molecule has 4 aromatic rings. The molecule has 0 aliphatic carbocycles. The number of nitrogens with one attached hydrogen (secondary N) is 1. The molecule has 0 saturated heterocycles. The lowest BCUT2D eigenvalue weighted by molar-refractivity contribution is -0.698. The van der Waals surface area contributed by atoms with Gasteiger partial charge in [0.2, 0.25) is 6.04 Å². The van der Waals surface area contributed by atoms with Gasteiger partial charge in [0.05, 0.1) is 17.0 Å². The quantitative estimate of drug-likeness (QED) is 0.459. The number of carbonyl (C=O) groups excluding carboxylic acids is 1. The molecule has 0 bridgehead atoms. The molecule has 0 aliphatic heterocycles. The summed E-state index contributed by atoms with van der Waals surface area (Å²) >= 11 is 0. The molecule has 1 unspecified atom stereocenters. The van der Waals surface area contributed by atoms with E-state index in [4.69, 9.17) is 0 Å². The SMILES string of the molecule is Cc1cc(-c2ccc[n+](C(C=O)c3ccc4ccccc4c3)c2)[nH]n1. The van der Waals surface area contributed by atoms with Crippen molar-refractivity contribution in [1.82, 2.24) is 10.2 Å². The molecule has 122 valence electrons. The average molecular weight is 328 g/mol. The molecule has 2 aromatic carbocycles. The molecule has 4 nitrogen and oxygen atoms in total. The summed E-state index contributed by atoms with van der Waals surface area (Å²) < 4.78 is 1.93. The summed E-state index contributed by atoms with van der Waals surface area (Å²) in [5, 5.41) is 9.50. The zero-order valence-electron chi connectivity index (χ0n) is 13.9. The maximum absolute atomic E-state index is 11.9. The molecule has 1 N–H and O–H groups in total. The summed E-state index contributed by atoms with van der Waals surface area (Å²) in [5.41, 5.74) is 3.84. The lowest BCUT2D eigenvalue weighted by Crippen LogP contribution is -2.40. The molecule has 1 atom stereocenters. The second-order valence-corrected chi connectivity index (χ2v) is 6.15. The van der Waals surface area contributed by atoms with Gasteiger partial charge in [0.1, 0.15) is 0 Å². The molecular formula is C21H18N3O+. The van der Waals surface area contributed by atoms with Crippen LogP contribution in [0.1, 0.15) is 17.3 Å². The Kier molecular flexibility index (Phi) is 3.86. The van der Waals surface area contributed by atoms with Crippen LogP contribution in [0.4, 0.5) is 0 Å². The van der Waals surface area contributed by atoms with Crippen LogP contribution in [0.25, 0.3) is 22.0 Å². The Hall–Kier alpha value is -3.27. The Labute approximate surface area is 145 Å². The van der Waals surface area contributed by atoms with Crippen LogP contribution in [-0.2, 0) is 4.79 Å². The second kappa shape index (κ2) is 6.32. The van der Waals surface area contributed by atoms with Crippen LogP contribution in [0, 0.1) is 6.92 Å². The predicted molar refractivity (Wildman–Crippen MR) is 97.1 cm³/mol. The number of aromatic amines is 1. The van der Waals surface area contributed by atoms with Gasteiger partial charge < -0.3 is 0 Å². The van der Waals surface area contributed by atoms with Gasteiger partial charge in [0.25, 0.3) is 0 Å². The number of aromatic nitrogens is 3. The first-order valence-electron chi connectivity index (χ1n) is 8.22. The van der Waals surface area contributed by atoms with E-state index in [1.807, 2.05) is 60.3 Å². The monoisotopic (exact) mass is 328 g/mol. The van der Waals surface area contributed by atoms with Gasteiger partial charge in [-0.2, -0.15) is 9.67 Å². The second-order valence-electron chi connectivity index (χ2n) is 6.15. The van der Waals surface area contributed by atoms with Crippen molar-refractivity contribution in [2.24, 2.45) is 0 Å². The van der Waals surface area contributed by atoms with Gasteiger partial charge in [-0.25, -0.2) is 0 Å². The van der Waals surface area contributed by atoms with Crippen molar-refractivity contribution in [3.05, 3.63) is 84.3 Å². The molecular weight excluding hydrogens is 310 g/mol. The van der Waals surface area contributed by atoms with Crippen LogP contribution < -0.4 is 4.57 Å². The van der Waals surface area contributed by atoms with Gasteiger partial charge >= 0.3 is 0 Å². The Bertz CT molecular complexity index is 1050. The fraction of sp³-hybridized carbons (Fsp3) is 0.0952. The van der Waals surface area contributed by atoms with Crippen molar-refractivity contribution >= 4 is 17.1 Å². The molecule has 0 spiro atoms. The van der Waals surface area contributed by atoms with E-state index in [9.17, 15) is 4.79 Å². The lowest BCUT2D eigenvalue weighted by atomic mass is 10.0. The molecule has 0 amide bonds. The van der Waals surface area contributed by atoms with Gasteiger partial charge in [0, 0.05) is 11.6 Å². The Morgan fingerprint density at radius 3 is 2.64 bits per heavy atom. The Morgan fingerprint density at radius 2 is 1.88 bits per heavy atom. The lowest BCUT2D eigenvalue weighted by Gasteiger charge is -2.08. The number of aldehydes is 1. The van der Waals surface area contributed by atoms with Gasteiger partial charge in [-0.1, -0.05) is 36.4 Å². The summed E-state index contributed by atoms with van der Waals surface area (Å²) in [6, 6.07) is 19.9. The number of carbonyl (C=O) groups is 1. The highest BCUT2D eigenvalue weighted by Crippen LogP contribution is 2.21. The van der Waals surface area contributed by atoms with Crippen molar-refractivity contribution in [1.29, 1.82) is 0 Å². The summed E-state index contributed by atoms with van der Waals surface area (Å²) in [4.78, 5) is 11.9. The molecule has 0 radical (unpaired) electrons. The third-order valence-electron chi connectivity index (χ3n) is 4.40. The summed E-state index contributed by atoms with van der Waals surface area (Å²) in [5.74, 6) is 0. The minimum absolute atomic E-state index is 0.367. The minimum atomic E-state index is -0.367. The van der Waals surface area contributed by atoms with Gasteiger partial charge in [-0.3, -0.25) is 9.89 Å². The van der Waals surface area contributed by atoms with E-state index in [0.29, 0.717) is 0 Å². The highest BCUT2D eigenvalue weighted by molar-refractivity contribution is 5.83. The topological polar surface area (TPSA) is 49.6 Å². The maximum Gasteiger partial charge on any atom is 0.238 e. The number of hydrogen-bond donors (Lipinski definition) is 1. The predicted octanol–water partition coefficient (Wildman–Crippen LogP) is 3.61. The van der Waals surface area contributed by atoms with E-state index in [1.165, 1.54) is 5.39 Å². The van der Waals surface area contributed by atoms with Gasteiger partial charge in [-0.15, -0.1) is 0 Å². The van der Waals surface area contributed by atoms with Crippen molar-refractivity contribution in [2.45, 2.75) is 13.0 Å². The zero-order chi connectivity index (χ0) is 17.2. The molecule has 0 saturated carbocycles. The van der Waals surface area contributed by atoms with E-state index in [-0.39, 0.29) is 6.04 Å². The zero-order valence-corrected chi connectivity index (χ0v) is 13.9. The van der Waals surface area contributed by atoms with E-state index in [0.717, 1.165) is 34.2 Å². The fourth-order valence-electron chi connectivity index (χ4n) is 3.11. The van der Waals surface area contributed by atoms with Crippen LogP contribution in [0.15, 0.2) is 73.1 Å². The molecule has 25 heavy (non-hydrogen) atoms. The molecule has 0 fully saturated rings. The standard InChI is InChI=1S/C21H18N3O/c1-15-11-20(23-22-15)19-7-4-10-24(13-19)21(14-25)18-9-8-16-5-2-3-6-17(16)12-18/h2-14,21H,1H3,(H,22,23)/q+1. The summed E-state index contributed by atoms with van der Waals surface area (Å²) in [7, 11) is 0. The molecule has 4 heteroatoms. The first kappa shape index (κ1) is 15.3. The normalized spacial score (nSPS) is 12.2. The number of hydrogen-bond acceptors (Lipinski definition) is 2. The highest BCUT2D eigenvalue weighted by Gasteiger charge is 2.21. The number of rotatable bonds is 4. The average Bonchev–Trinajstić information content (AvgIpc) is 3.09. The Morgan fingerprint density at radius 1 is 1.04 bits per heavy atom. The molecule has 2 aromatic heterocycles. The van der Waals surface area contributed by atoms with Crippen molar-refractivity contribution in [2.75, 3.05) is 0 Å². The largest absolute Gasteiger partial charge is 0.296 e. The highest BCUT2D eigenvalue weighted by atomic mass is 16.1. The van der Waals surface area contributed by atoms with Crippen LogP contribution in [0.5, 0.6) is 0 Å². The third-order valence-corrected chi connectivity index (χ3v) is 4.40. The van der Waals surface area contributed by atoms with Crippen LogP contribution in [-0.4, -0.2) is 16.5 Å². The number of H-pyrrole nitrogens is 1. The number of aryl methyl sites for hydroxylation is 1. The van der Waals surface area contributed by atoms with E-state index >= 15 is 0 Å². The molecule has 4 rings (SSSR count). The van der Waals surface area contributed by atoms with Gasteiger partial charge in [-0.05, 0) is 35.9 Å². The summed E-state index contributed by atoms with van der Waals surface area (Å²) in [6.45, 7) is 1.94. The van der Waals surface area contributed by atoms with Gasteiger partial charge in [0.15, 0.2) is 18.7 Å². The summed E-state index contributed by atoms with van der Waals surface area (Å²) in [6.07, 6.45) is 4.87. The van der Waals surface area contributed by atoms with E-state index in [2.05, 4.69) is 34.5 Å². The smallest absolute Gasteiger partial charge is 0.238 e. The molecule has 0 aliphatic rings. The number of nitrogens with zero attached hydrogens (tertiary/aromatic N) is 2. The van der Waals surface area contributed by atoms with Crippen molar-refractivity contribution in [3.63, 3.8) is 0 Å². The number of benzene rings is 2. The van der Waals surface area contributed by atoms with E-state index < -0.39 is 0 Å². The molecule has 2 heterocycles. The van der Waals surface area contributed by atoms with Crippen LogP contribution in [0.3, 0.4) is 0 Å². The number of fused-ring (bicyclic) bond motifs is 1. The van der Waals surface area contributed by atoms with Crippen molar-refractivity contribution in [3.8, 4) is 11.3 Å². The maximum atomic E-state index is 11.9. The fourth-order valence-corrected chi connectivity index (χ4v) is 3.11. The van der Waals surface area contributed by atoms with Crippen molar-refractivity contribution < 1.29 is 9.36 Å². The van der Waals surface area contributed by atoms with E-state index in [1.54, 1.807) is 0 Å². The number of pyridine rings is 1. The van der Waals surface area contributed by atoms with Crippen LogP contribution >= 0.6 is 0 Å². The minimum Gasteiger partial charge on any atom is -0.296 e. The first-order valence-corrected chi connectivity index (χ1v) is 8.22. The third kappa shape index (κ3) is 2.94. The van der Waals surface area contributed by atoms with Crippen LogP contribution in [0.2, 0.25) is 0 Å².